The fourth-order valence-corrected chi connectivity index (χ4v) is 2.47. The van der Waals surface area contributed by atoms with Crippen LogP contribution in [0.25, 0.3) is 0 Å². The van der Waals surface area contributed by atoms with E-state index in [-0.39, 0.29) is 11.9 Å². The first-order valence-electron chi connectivity index (χ1n) is 6.35. The fourth-order valence-electron chi connectivity index (χ4n) is 2.47. The van der Waals surface area contributed by atoms with Gasteiger partial charge in [-0.1, -0.05) is 13.8 Å². The van der Waals surface area contributed by atoms with E-state index in [1.165, 1.54) is 6.42 Å². The number of hydrazine groups is 1. The second-order valence-electron chi connectivity index (χ2n) is 5.07. The van der Waals surface area contributed by atoms with Crippen molar-refractivity contribution in [3.8, 4) is 0 Å². The van der Waals surface area contributed by atoms with E-state index in [9.17, 15) is 4.79 Å². The third-order valence-corrected chi connectivity index (χ3v) is 3.95. The number of rotatable bonds is 3. The Hall–Kier alpha value is -1.62. The normalized spacial score (nSPS) is 26.9. The summed E-state index contributed by atoms with van der Waals surface area (Å²) >= 11 is 0. The first kappa shape index (κ1) is 12.8. The van der Waals surface area contributed by atoms with Crippen LogP contribution in [0.4, 0.5) is 5.82 Å². The topological polar surface area (TPSA) is 80.0 Å². The molecule has 0 aromatic carbocycles. The van der Waals surface area contributed by atoms with Crippen molar-refractivity contribution in [3.63, 3.8) is 0 Å². The van der Waals surface area contributed by atoms with Crippen molar-refractivity contribution < 1.29 is 4.79 Å². The maximum atomic E-state index is 12.1. The Labute approximate surface area is 107 Å². The molecule has 1 aliphatic carbocycles. The average molecular weight is 248 g/mol. The molecule has 3 unspecified atom stereocenters. The first-order valence-corrected chi connectivity index (χ1v) is 6.35. The lowest BCUT2D eigenvalue weighted by molar-refractivity contribution is 0.0927. The van der Waals surface area contributed by atoms with Gasteiger partial charge in [-0.25, -0.2) is 10.8 Å². The van der Waals surface area contributed by atoms with Gasteiger partial charge in [-0.2, -0.15) is 0 Å². The molecule has 0 saturated heterocycles. The van der Waals surface area contributed by atoms with E-state index in [4.69, 9.17) is 5.84 Å². The van der Waals surface area contributed by atoms with Gasteiger partial charge in [0.15, 0.2) is 0 Å². The lowest BCUT2D eigenvalue weighted by atomic mass is 9.97. The van der Waals surface area contributed by atoms with Crippen LogP contribution in [0.15, 0.2) is 18.3 Å². The molecule has 1 saturated carbocycles. The molecule has 1 aliphatic rings. The second-order valence-corrected chi connectivity index (χ2v) is 5.07. The van der Waals surface area contributed by atoms with Crippen LogP contribution in [0.3, 0.4) is 0 Å². The van der Waals surface area contributed by atoms with Gasteiger partial charge in [-0.05, 0) is 36.8 Å². The highest BCUT2D eigenvalue weighted by atomic mass is 16.1. The summed E-state index contributed by atoms with van der Waals surface area (Å²) in [6.45, 7) is 4.43. The van der Waals surface area contributed by atoms with Gasteiger partial charge >= 0.3 is 0 Å². The number of nitrogens with two attached hydrogens (primary N) is 1. The van der Waals surface area contributed by atoms with Crippen molar-refractivity contribution in [1.29, 1.82) is 0 Å². The van der Waals surface area contributed by atoms with Gasteiger partial charge in [0.25, 0.3) is 5.91 Å². The monoisotopic (exact) mass is 248 g/mol. The lowest BCUT2D eigenvalue weighted by Crippen LogP contribution is -2.37. The van der Waals surface area contributed by atoms with Crippen LogP contribution in [-0.4, -0.2) is 16.9 Å². The molecule has 1 aromatic heterocycles. The number of carbonyl (C=O) groups is 1. The number of anilines is 1. The predicted octanol–water partition coefficient (Wildman–Crippen LogP) is 1.53. The zero-order valence-electron chi connectivity index (χ0n) is 10.8. The van der Waals surface area contributed by atoms with Gasteiger partial charge in [-0.15, -0.1) is 0 Å². The molecule has 1 fully saturated rings. The van der Waals surface area contributed by atoms with Crippen molar-refractivity contribution in [3.05, 3.63) is 23.9 Å². The van der Waals surface area contributed by atoms with E-state index in [0.29, 0.717) is 23.2 Å². The summed E-state index contributed by atoms with van der Waals surface area (Å²) in [5.74, 6) is 6.92. The smallest absolute Gasteiger partial charge is 0.251 e. The van der Waals surface area contributed by atoms with Crippen LogP contribution in [-0.2, 0) is 0 Å². The van der Waals surface area contributed by atoms with Gasteiger partial charge in [0.05, 0.1) is 0 Å². The van der Waals surface area contributed by atoms with Crippen LogP contribution >= 0.6 is 0 Å². The molecule has 5 heteroatoms. The Morgan fingerprint density at radius 1 is 1.44 bits per heavy atom. The number of pyridine rings is 1. The molecule has 0 radical (unpaired) electrons. The van der Waals surface area contributed by atoms with E-state index in [1.807, 2.05) is 0 Å². The van der Waals surface area contributed by atoms with Gasteiger partial charge in [0, 0.05) is 17.8 Å². The number of amides is 1. The number of nitrogens with zero attached hydrogens (tertiary/aromatic N) is 1. The molecule has 1 heterocycles. The molecule has 4 N–H and O–H groups in total. The van der Waals surface area contributed by atoms with Crippen LogP contribution in [0.5, 0.6) is 0 Å². The standard InChI is InChI=1S/C13H20N4O/c1-8-3-4-11(9(8)2)16-13(18)10-5-6-15-12(7-10)17-14/h5-9,11H,3-4,14H2,1-2H3,(H,15,17)(H,16,18). The molecule has 98 valence electrons. The molecule has 0 bridgehead atoms. The molecule has 2 rings (SSSR count). The molecule has 1 aromatic rings. The van der Waals surface area contributed by atoms with E-state index in [2.05, 4.69) is 29.6 Å². The van der Waals surface area contributed by atoms with Gasteiger partial charge < -0.3 is 10.7 Å². The number of aromatic nitrogens is 1. The SMILES string of the molecule is CC1CCC(NC(=O)c2ccnc(NN)c2)C1C. The predicted molar refractivity (Wildman–Crippen MR) is 70.9 cm³/mol. The third-order valence-electron chi connectivity index (χ3n) is 3.95. The molecule has 0 spiro atoms. The highest BCUT2D eigenvalue weighted by Crippen LogP contribution is 2.31. The van der Waals surface area contributed by atoms with E-state index < -0.39 is 0 Å². The molecular formula is C13H20N4O. The Morgan fingerprint density at radius 2 is 2.22 bits per heavy atom. The van der Waals surface area contributed by atoms with E-state index in [0.717, 1.165) is 6.42 Å². The number of nitrogen functional groups attached to an aromatic ring is 1. The minimum atomic E-state index is -0.0557. The van der Waals surface area contributed by atoms with Crippen LogP contribution in [0.2, 0.25) is 0 Å². The van der Waals surface area contributed by atoms with Crippen molar-refractivity contribution in [2.45, 2.75) is 32.7 Å². The van der Waals surface area contributed by atoms with Crippen LogP contribution in [0.1, 0.15) is 37.0 Å². The average Bonchev–Trinajstić information content (AvgIpc) is 2.71. The van der Waals surface area contributed by atoms with Crippen LogP contribution < -0.4 is 16.6 Å². The summed E-state index contributed by atoms with van der Waals surface area (Å²) in [6.07, 6.45) is 3.81. The zero-order valence-corrected chi connectivity index (χ0v) is 10.8. The van der Waals surface area contributed by atoms with Gasteiger partial charge in [0.2, 0.25) is 0 Å². The summed E-state index contributed by atoms with van der Waals surface area (Å²) in [6, 6.07) is 3.62. The minimum absolute atomic E-state index is 0.0557. The third kappa shape index (κ3) is 2.61. The number of hydrogen-bond donors (Lipinski definition) is 3. The van der Waals surface area contributed by atoms with Crippen molar-refractivity contribution in [2.24, 2.45) is 17.7 Å². The number of nitrogens with one attached hydrogen (secondary N) is 2. The van der Waals surface area contributed by atoms with E-state index in [1.54, 1.807) is 18.3 Å². The molecule has 3 atom stereocenters. The lowest BCUT2D eigenvalue weighted by Gasteiger charge is -2.19. The Bertz CT molecular complexity index is 435. The van der Waals surface area contributed by atoms with Crippen molar-refractivity contribution in [2.75, 3.05) is 5.43 Å². The first-order chi connectivity index (χ1) is 8.61. The molecule has 0 aliphatic heterocycles. The Kier molecular flexibility index (Phi) is 3.81. The van der Waals surface area contributed by atoms with Crippen molar-refractivity contribution >= 4 is 11.7 Å². The summed E-state index contributed by atoms with van der Waals surface area (Å²) in [5.41, 5.74) is 3.03. The number of carbonyl (C=O) groups excluding carboxylic acids is 1. The Morgan fingerprint density at radius 3 is 2.83 bits per heavy atom. The maximum Gasteiger partial charge on any atom is 0.251 e. The summed E-state index contributed by atoms with van der Waals surface area (Å²) in [5, 5.41) is 3.09. The summed E-state index contributed by atoms with van der Waals surface area (Å²) in [7, 11) is 0. The molecule has 1 amide bonds. The summed E-state index contributed by atoms with van der Waals surface area (Å²) < 4.78 is 0. The Balaban J connectivity index is 2.03. The van der Waals surface area contributed by atoms with E-state index >= 15 is 0 Å². The molecule has 5 nitrogen and oxygen atoms in total. The van der Waals surface area contributed by atoms with Gasteiger partial charge in [0.1, 0.15) is 5.82 Å². The molecular weight excluding hydrogens is 228 g/mol. The highest BCUT2D eigenvalue weighted by Gasteiger charge is 2.30. The quantitative estimate of drug-likeness (QED) is 0.560. The van der Waals surface area contributed by atoms with Crippen molar-refractivity contribution in [1.82, 2.24) is 10.3 Å². The minimum Gasteiger partial charge on any atom is -0.349 e. The summed E-state index contributed by atoms with van der Waals surface area (Å²) in [4.78, 5) is 16.1. The number of hydrogen-bond acceptors (Lipinski definition) is 4. The van der Waals surface area contributed by atoms with Gasteiger partial charge in [-0.3, -0.25) is 4.79 Å². The van der Waals surface area contributed by atoms with Crippen LogP contribution in [0, 0.1) is 11.8 Å². The second kappa shape index (κ2) is 5.35. The maximum absolute atomic E-state index is 12.1. The fraction of sp³-hybridized carbons (Fsp3) is 0.538. The largest absolute Gasteiger partial charge is 0.349 e. The molecule has 18 heavy (non-hydrogen) atoms. The highest BCUT2D eigenvalue weighted by molar-refractivity contribution is 5.95. The zero-order chi connectivity index (χ0) is 13.1.